The number of piperidine rings is 1. The molecule has 0 aromatic carbocycles. The van der Waals surface area contributed by atoms with Gasteiger partial charge in [-0.25, -0.2) is 0 Å². The van der Waals surface area contributed by atoms with Crippen LogP contribution in [0, 0.1) is 5.92 Å². The minimum absolute atomic E-state index is 0.904. The van der Waals surface area contributed by atoms with Crippen LogP contribution in [0.2, 0.25) is 0 Å². The molecule has 16 heavy (non-hydrogen) atoms. The Hall–Kier alpha value is -0.760. The van der Waals surface area contributed by atoms with E-state index in [2.05, 4.69) is 16.4 Å². The Bertz CT molecular complexity index is 324. The minimum Gasteiger partial charge on any atom is -0.362 e. The summed E-state index contributed by atoms with van der Waals surface area (Å²) < 4.78 is 0. The van der Waals surface area contributed by atoms with Crippen molar-refractivity contribution in [1.82, 2.24) is 10.3 Å². The molecule has 2 aliphatic rings. The monoisotopic (exact) mass is 218 g/mol. The molecule has 1 aromatic heterocycles. The van der Waals surface area contributed by atoms with Crippen LogP contribution in [0.15, 0.2) is 6.07 Å². The molecule has 0 amide bonds. The molecule has 1 aliphatic heterocycles. The summed E-state index contributed by atoms with van der Waals surface area (Å²) in [4.78, 5) is 3.66. The van der Waals surface area contributed by atoms with Gasteiger partial charge in [0.25, 0.3) is 0 Å². The van der Waals surface area contributed by atoms with E-state index in [1.807, 2.05) is 0 Å². The van der Waals surface area contributed by atoms with Gasteiger partial charge in [-0.1, -0.05) is 0 Å². The molecule has 2 nitrogen and oxygen atoms in total. The molecule has 2 heteroatoms. The summed E-state index contributed by atoms with van der Waals surface area (Å²) in [6, 6.07) is 2.44. The first-order valence-corrected chi connectivity index (χ1v) is 6.82. The molecular formula is C14H22N2. The standard InChI is InChI=1S/C14H22N2/c1-2-4-14-12(3-1)10-13(16-14)9-11-5-7-15-8-6-11/h10-11,15-16H,1-9H2. The Morgan fingerprint density at radius 3 is 2.75 bits per heavy atom. The van der Waals surface area contributed by atoms with Gasteiger partial charge in [-0.3, -0.25) is 0 Å². The fraction of sp³-hybridized carbons (Fsp3) is 0.714. The highest BCUT2D eigenvalue weighted by Crippen LogP contribution is 2.24. The second-order valence-electron chi connectivity index (χ2n) is 5.40. The molecule has 0 saturated carbocycles. The van der Waals surface area contributed by atoms with E-state index in [4.69, 9.17) is 0 Å². The van der Waals surface area contributed by atoms with Gasteiger partial charge in [0.05, 0.1) is 0 Å². The molecule has 0 bridgehead atoms. The fourth-order valence-corrected chi connectivity index (χ4v) is 3.18. The lowest BCUT2D eigenvalue weighted by molar-refractivity contribution is 0.370. The van der Waals surface area contributed by atoms with Crippen LogP contribution in [0.25, 0.3) is 0 Å². The topological polar surface area (TPSA) is 27.8 Å². The molecular weight excluding hydrogens is 196 g/mol. The normalized spacial score (nSPS) is 22.0. The van der Waals surface area contributed by atoms with E-state index in [1.54, 1.807) is 5.56 Å². The molecule has 1 aromatic rings. The summed E-state index contributed by atoms with van der Waals surface area (Å²) in [5, 5.41) is 3.44. The van der Waals surface area contributed by atoms with Crippen LogP contribution in [0.4, 0.5) is 0 Å². The number of aromatic nitrogens is 1. The van der Waals surface area contributed by atoms with Crippen molar-refractivity contribution in [2.75, 3.05) is 13.1 Å². The second-order valence-corrected chi connectivity index (χ2v) is 5.40. The van der Waals surface area contributed by atoms with Gasteiger partial charge >= 0.3 is 0 Å². The van der Waals surface area contributed by atoms with Crippen LogP contribution < -0.4 is 5.32 Å². The molecule has 88 valence electrons. The highest BCUT2D eigenvalue weighted by atomic mass is 14.9. The molecule has 1 fully saturated rings. The van der Waals surface area contributed by atoms with Crippen LogP contribution in [0.5, 0.6) is 0 Å². The maximum absolute atomic E-state index is 3.66. The Morgan fingerprint density at radius 1 is 1.12 bits per heavy atom. The van der Waals surface area contributed by atoms with Crippen LogP contribution in [-0.4, -0.2) is 18.1 Å². The number of fused-ring (bicyclic) bond motifs is 1. The number of aryl methyl sites for hydroxylation is 2. The highest BCUT2D eigenvalue weighted by molar-refractivity contribution is 5.28. The first-order chi connectivity index (χ1) is 7.92. The van der Waals surface area contributed by atoms with E-state index < -0.39 is 0 Å². The van der Waals surface area contributed by atoms with E-state index in [0.717, 1.165) is 5.92 Å². The highest BCUT2D eigenvalue weighted by Gasteiger charge is 2.17. The summed E-state index contributed by atoms with van der Waals surface area (Å²) in [5.74, 6) is 0.904. The molecule has 0 spiro atoms. The van der Waals surface area contributed by atoms with Crippen molar-refractivity contribution >= 4 is 0 Å². The van der Waals surface area contributed by atoms with E-state index in [-0.39, 0.29) is 0 Å². The van der Waals surface area contributed by atoms with Gasteiger partial charge in [0.1, 0.15) is 0 Å². The molecule has 0 unspecified atom stereocenters. The Kier molecular flexibility index (Phi) is 3.00. The third-order valence-corrected chi connectivity index (χ3v) is 4.14. The lowest BCUT2D eigenvalue weighted by atomic mass is 9.93. The van der Waals surface area contributed by atoms with Gasteiger partial charge in [-0.05, 0) is 75.6 Å². The van der Waals surface area contributed by atoms with Crippen molar-refractivity contribution in [3.05, 3.63) is 23.0 Å². The summed E-state index contributed by atoms with van der Waals surface area (Å²) in [6.07, 6.45) is 9.32. The third-order valence-electron chi connectivity index (χ3n) is 4.14. The second kappa shape index (κ2) is 4.62. The molecule has 3 rings (SSSR count). The smallest absolute Gasteiger partial charge is 0.0181 e. The van der Waals surface area contributed by atoms with E-state index in [0.29, 0.717) is 0 Å². The number of aromatic amines is 1. The van der Waals surface area contributed by atoms with E-state index in [9.17, 15) is 0 Å². The average molecular weight is 218 g/mol. The van der Waals surface area contributed by atoms with Crippen molar-refractivity contribution in [2.45, 2.75) is 44.9 Å². The zero-order valence-electron chi connectivity index (χ0n) is 10.0. The van der Waals surface area contributed by atoms with Crippen molar-refractivity contribution < 1.29 is 0 Å². The zero-order valence-corrected chi connectivity index (χ0v) is 10.0. The predicted octanol–water partition coefficient (Wildman–Crippen LogP) is 2.44. The number of hydrogen-bond acceptors (Lipinski definition) is 1. The molecule has 1 aliphatic carbocycles. The summed E-state index contributed by atoms with van der Waals surface area (Å²) in [7, 11) is 0. The molecule has 2 N–H and O–H groups in total. The largest absolute Gasteiger partial charge is 0.362 e. The van der Waals surface area contributed by atoms with Crippen molar-refractivity contribution in [1.29, 1.82) is 0 Å². The quantitative estimate of drug-likeness (QED) is 0.784. The van der Waals surface area contributed by atoms with Gasteiger partial charge in [0.2, 0.25) is 0 Å². The first-order valence-electron chi connectivity index (χ1n) is 6.82. The first kappa shape index (κ1) is 10.4. The fourth-order valence-electron chi connectivity index (χ4n) is 3.18. The van der Waals surface area contributed by atoms with Gasteiger partial charge in [0.15, 0.2) is 0 Å². The third kappa shape index (κ3) is 2.17. The van der Waals surface area contributed by atoms with Gasteiger partial charge in [-0.2, -0.15) is 0 Å². The Balaban J connectivity index is 1.67. The van der Waals surface area contributed by atoms with Gasteiger partial charge < -0.3 is 10.3 Å². The lowest BCUT2D eigenvalue weighted by Crippen LogP contribution is -2.28. The number of H-pyrrole nitrogens is 1. The van der Waals surface area contributed by atoms with Crippen LogP contribution in [0.3, 0.4) is 0 Å². The summed E-state index contributed by atoms with van der Waals surface area (Å²) in [6.45, 7) is 2.43. The van der Waals surface area contributed by atoms with Crippen molar-refractivity contribution in [3.8, 4) is 0 Å². The Morgan fingerprint density at radius 2 is 1.94 bits per heavy atom. The van der Waals surface area contributed by atoms with Gasteiger partial charge in [0, 0.05) is 11.4 Å². The van der Waals surface area contributed by atoms with Crippen molar-refractivity contribution in [2.24, 2.45) is 5.92 Å². The molecule has 1 saturated heterocycles. The summed E-state index contributed by atoms with van der Waals surface area (Å²) in [5.41, 5.74) is 4.64. The molecule has 2 heterocycles. The minimum atomic E-state index is 0.904. The van der Waals surface area contributed by atoms with E-state index in [1.165, 1.54) is 69.4 Å². The van der Waals surface area contributed by atoms with E-state index >= 15 is 0 Å². The number of hydrogen-bond donors (Lipinski definition) is 2. The maximum Gasteiger partial charge on any atom is 0.0181 e. The number of rotatable bonds is 2. The average Bonchev–Trinajstić information content (AvgIpc) is 2.72. The lowest BCUT2D eigenvalue weighted by Gasteiger charge is -2.21. The zero-order chi connectivity index (χ0) is 10.8. The molecule has 0 radical (unpaired) electrons. The molecule has 0 atom stereocenters. The number of nitrogens with one attached hydrogen (secondary N) is 2. The van der Waals surface area contributed by atoms with Crippen molar-refractivity contribution in [3.63, 3.8) is 0 Å². The SMILES string of the molecule is c1c(CC2CCNCC2)[nH]c2c1CCCC2. The van der Waals surface area contributed by atoms with Crippen LogP contribution in [-0.2, 0) is 19.3 Å². The maximum atomic E-state index is 3.66. The Labute approximate surface area is 97.8 Å². The van der Waals surface area contributed by atoms with Crippen LogP contribution in [0.1, 0.15) is 42.6 Å². The summed E-state index contributed by atoms with van der Waals surface area (Å²) >= 11 is 0. The predicted molar refractivity (Wildman–Crippen MR) is 66.7 cm³/mol. The van der Waals surface area contributed by atoms with Gasteiger partial charge in [-0.15, -0.1) is 0 Å². The van der Waals surface area contributed by atoms with Crippen LogP contribution >= 0.6 is 0 Å².